The van der Waals surface area contributed by atoms with Crippen LogP contribution in [-0.2, 0) is 4.74 Å². The van der Waals surface area contributed by atoms with E-state index >= 15 is 0 Å². The topological polar surface area (TPSA) is 24.5 Å². The summed E-state index contributed by atoms with van der Waals surface area (Å²) in [6.45, 7) is 6.02. The molecule has 0 aliphatic heterocycles. The van der Waals surface area contributed by atoms with Crippen LogP contribution in [0, 0.1) is 5.92 Å². The van der Waals surface area contributed by atoms with Crippen LogP contribution in [0.25, 0.3) is 0 Å². The van der Waals surface area contributed by atoms with Crippen LogP contribution in [0.1, 0.15) is 39.0 Å². The van der Waals surface area contributed by atoms with E-state index in [1.165, 1.54) is 38.6 Å². The largest absolute Gasteiger partial charge is 0.380 e. The Bertz CT molecular complexity index is 187. The first-order chi connectivity index (χ1) is 8.27. The average Bonchev–Trinajstić information content (AvgIpc) is 2.54. The Hall–Kier alpha value is -0.120. The highest BCUT2D eigenvalue weighted by Gasteiger charge is 2.23. The predicted molar refractivity (Wildman–Crippen MR) is 73.4 cm³/mol. The van der Waals surface area contributed by atoms with E-state index in [-0.39, 0.29) is 0 Å². The van der Waals surface area contributed by atoms with Crippen LogP contribution in [0.5, 0.6) is 0 Å². The second-order valence-electron chi connectivity index (χ2n) is 5.25. The van der Waals surface area contributed by atoms with Crippen molar-refractivity contribution in [1.82, 2.24) is 10.2 Å². The third kappa shape index (κ3) is 5.84. The third-order valence-corrected chi connectivity index (χ3v) is 3.90. The Labute approximate surface area is 107 Å². The van der Waals surface area contributed by atoms with Crippen LogP contribution >= 0.6 is 0 Å². The van der Waals surface area contributed by atoms with Crippen LogP contribution < -0.4 is 5.32 Å². The van der Waals surface area contributed by atoms with Crippen molar-refractivity contribution in [2.24, 2.45) is 5.92 Å². The number of likely N-dealkylation sites (N-methyl/N-ethyl adjacent to an activating group) is 1. The lowest BCUT2D eigenvalue weighted by Gasteiger charge is -2.29. The molecule has 1 aliphatic rings. The maximum atomic E-state index is 5.41. The van der Waals surface area contributed by atoms with Gasteiger partial charge in [-0.15, -0.1) is 0 Å². The second kappa shape index (κ2) is 8.90. The van der Waals surface area contributed by atoms with Gasteiger partial charge in [-0.05, 0) is 39.8 Å². The predicted octanol–water partition coefficient (Wildman–Crippen LogP) is 2.12. The van der Waals surface area contributed by atoms with E-state index in [9.17, 15) is 0 Å². The summed E-state index contributed by atoms with van der Waals surface area (Å²) < 4.78 is 5.41. The average molecular weight is 242 g/mol. The molecule has 0 aromatic rings. The molecule has 1 N–H and O–H groups in total. The molecule has 0 aromatic carbocycles. The van der Waals surface area contributed by atoms with Gasteiger partial charge in [-0.25, -0.2) is 0 Å². The number of rotatable bonds is 7. The van der Waals surface area contributed by atoms with Gasteiger partial charge < -0.3 is 15.0 Å². The van der Waals surface area contributed by atoms with Gasteiger partial charge in [-0.1, -0.05) is 19.3 Å². The SMILES string of the molecule is CCOCCN(C)CC1CCCCCC1NC. The minimum Gasteiger partial charge on any atom is -0.380 e. The lowest BCUT2D eigenvalue weighted by molar-refractivity contribution is 0.112. The third-order valence-electron chi connectivity index (χ3n) is 3.90. The van der Waals surface area contributed by atoms with Gasteiger partial charge in [0.2, 0.25) is 0 Å². The molecule has 2 atom stereocenters. The van der Waals surface area contributed by atoms with Gasteiger partial charge in [0.15, 0.2) is 0 Å². The molecule has 0 radical (unpaired) electrons. The van der Waals surface area contributed by atoms with Crippen molar-refractivity contribution in [3.63, 3.8) is 0 Å². The Morgan fingerprint density at radius 3 is 2.71 bits per heavy atom. The Morgan fingerprint density at radius 2 is 2.00 bits per heavy atom. The quantitative estimate of drug-likeness (QED) is 0.547. The molecule has 1 saturated carbocycles. The standard InChI is InChI=1S/C14H30N2O/c1-4-17-11-10-16(3)12-13-8-6-5-7-9-14(13)15-2/h13-15H,4-12H2,1-3H3. The number of hydrogen-bond acceptors (Lipinski definition) is 3. The van der Waals surface area contributed by atoms with E-state index in [1.54, 1.807) is 0 Å². The molecule has 3 nitrogen and oxygen atoms in total. The van der Waals surface area contributed by atoms with Gasteiger partial charge in [0, 0.05) is 25.7 Å². The van der Waals surface area contributed by atoms with E-state index in [0.717, 1.165) is 25.7 Å². The molecule has 0 amide bonds. The first kappa shape index (κ1) is 14.9. The van der Waals surface area contributed by atoms with Crippen LogP contribution in [0.3, 0.4) is 0 Å². The first-order valence-corrected chi connectivity index (χ1v) is 7.21. The summed E-state index contributed by atoms with van der Waals surface area (Å²) in [6, 6.07) is 0.715. The molecule has 0 saturated heterocycles. The van der Waals surface area contributed by atoms with Crippen molar-refractivity contribution in [1.29, 1.82) is 0 Å². The van der Waals surface area contributed by atoms with E-state index < -0.39 is 0 Å². The molecule has 0 heterocycles. The lowest BCUT2D eigenvalue weighted by Crippen LogP contribution is -2.40. The van der Waals surface area contributed by atoms with Crippen molar-refractivity contribution in [2.75, 3.05) is 40.4 Å². The fourth-order valence-electron chi connectivity index (χ4n) is 2.84. The van der Waals surface area contributed by atoms with Crippen LogP contribution in [0.15, 0.2) is 0 Å². The van der Waals surface area contributed by atoms with Crippen molar-refractivity contribution < 1.29 is 4.74 Å². The first-order valence-electron chi connectivity index (χ1n) is 7.21. The van der Waals surface area contributed by atoms with Gasteiger partial charge in [0.1, 0.15) is 0 Å². The molecule has 1 rings (SSSR count). The Balaban J connectivity index is 2.30. The van der Waals surface area contributed by atoms with E-state index in [1.807, 2.05) is 0 Å². The molecule has 17 heavy (non-hydrogen) atoms. The van der Waals surface area contributed by atoms with Crippen molar-refractivity contribution in [3.8, 4) is 0 Å². The van der Waals surface area contributed by atoms with Crippen LogP contribution in [-0.4, -0.2) is 51.3 Å². The molecule has 0 aromatic heterocycles. The van der Waals surface area contributed by atoms with Crippen molar-refractivity contribution in [2.45, 2.75) is 45.1 Å². The molecular formula is C14H30N2O. The minimum absolute atomic E-state index is 0.715. The summed E-state index contributed by atoms with van der Waals surface area (Å²) in [5.74, 6) is 0.814. The summed E-state index contributed by atoms with van der Waals surface area (Å²) in [7, 11) is 4.33. The van der Waals surface area contributed by atoms with E-state index in [2.05, 4.69) is 31.2 Å². The Kier molecular flexibility index (Phi) is 7.82. The fourth-order valence-corrected chi connectivity index (χ4v) is 2.84. The highest BCUT2D eigenvalue weighted by Crippen LogP contribution is 2.23. The van der Waals surface area contributed by atoms with Gasteiger partial charge in [-0.3, -0.25) is 0 Å². The summed E-state index contributed by atoms with van der Waals surface area (Å²) in [4.78, 5) is 2.43. The minimum atomic E-state index is 0.715. The molecule has 0 bridgehead atoms. The van der Waals surface area contributed by atoms with E-state index in [4.69, 9.17) is 4.74 Å². The van der Waals surface area contributed by atoms with Gasteiger partial charge in [-0.2, -0.15) is 0 Å². The highest BCUT2D eigenvalue weighted by molar-refractivity contribution is 4.80. The molecule has 2 unspecified atom stereocenters. The van der Waals surface area contributed by atoms with Gasteiger partial charge in [0.05, 0.1) is 6.61 Å². The number of nitrogens with one attached hydrogen (secondary N) is 1. The number of ether oxygens (including phenoxy) is 1. The molecule has 0 spiro atoms. The molecular weight excluding hydrogens is 212 g/mol. The number of hydrogen-bond donors (Lipinski definition) is 1. The smallest absolute Gasteiger partial charge is 0.0593 e. The zero-order chi connectivity index (χ0) is 12.5. The Morgan fingerprint density at radius 1 is 1.24 bits per heavy atom. The molecule has 102 valence electrons. The maximum Gasteiger partial charge on any atom is 0.0593 e. The maximum absolute atomic E-state index is 5.41. The zero-order valence-electron chi connectivity index (χ0n) is 11.9. The van der Waals surface area contributed by atoms with Gasteiger partial charge >= 0.3 is 0 Å². The summed E-state index contributed by atoms with van der Waals surface area (Å²) in [5.41, 5.74) is 0. The van der Waals surface area contributed by atoms with Crippen molar-refractivity contribution >= 4 is 0 Å². The van der Waals surface area contributed by atoms with Crippen molar-refractivity contribution in [3.05, 3.63) is 0 Å². The van der Waals surface area contributed by atoms with Crippen LogP contribution in [0.2, 0.25) is 0 Å². The normalized spacial score (nSPS) is 26.1. The van der Waals surface area contributed by atoms with Crippen LogP contribution in [0.4, 0.5) is 0 Å². The lowest BCUT2D eigenvalue weighted by atomic mass is 9.94. The number of nitrogens with zero attached hydrogens (tertiary/aromatic N) is 1. The second-order valence-corrected chi connectivity index (χ2v) is 5.25. The molecule has 1 aliphatic carbocycles. The monoisotopic (exact) mass is 242 g/mol. The van der Waals surface area contributed by atoms with E-state index in [0.29, 0.717) is 6.04 Å². The summed E-state index contributed by atoms with van der Waals surface area (Å²) in [5, 5.41) is 3.51. The fraction of sp³-hybridized carbons (Fsp3) is 1.00. The zero-order valence-corrected chi connectivity index (χ0v) is 11.9. The summed E-state index contributed by atoms with van der Waals surface area (Å²) >= 11 is 0. The molecule has 1 fully saturated rings. The molecule has 3 heteroatoms. The highest BCUT2D eigenvalue weighted by atomic mass is 16.5. The van der Waals surface area contributed by atoms with Gasteiger partial charge in [0.25, 0.3) is 0 Å². The summed E-state index contributed by atoms with van der Waals surface area (Å²) in [6.07, 6.45) is 6.94.